The molecule has 2 atom stereocenters. The van der Waals surface area contributed by atoms with Crippen molar-refractivity contribution in [3.8, 4) is 0 Å². The topological polar surface area (TPSA) is 20.2 Å². The molecule has 10 heavy (non-hydrogen) atoms. The van der Waals surface area contributed by atoms with Crippen molar-refractivity contribution in [1.82, 2.24) is 0 Å². The van der Waals surface area contributed by atoms with Crippen LogP contribution in [0.3, 0.4) is 0 Å². The van der Waals surface area contributed by atoms with Crippen molar-refractivity contribution in [2.24, 2.45) is 5.92 Å². The fraction of sp³-hybridized carbons (Fsp3) is 0.778. The van der Waals surface area contributed by atoms with Crippen LogP contribution in [0.25, 0.3) is 0 Å². The van der Waals surface area contributed by atoms with Crippen molar-refractivity contribution in [3.05, 3.63) is 12.2 Å². The fourth-order valence-electron chi connectivity index (χ4n) is 1.43. The highest BCUT2D eigenvalue weighted by Crippen LogP contribution is 2.22. The van der Waals surface area contributed by atoms with Crippen LogP contribution < -0.4 is 0 Å². The van der Waals surface area contributed by atoms with Crippen molar-refractivity contribution in [1.29, 1.82) is 0 Å². The first kappa shape index (κ1) is 7.80. The maximum Gasteiger partial charge on any atom is 0.0726 e. The Morgan fingerprint density at radius 2 is 2.30 bits per heavy atom. The summed E-state index contributed by atoms with van der Waals surface area (Å²) in [6.45, 7) is 2.20. The van der Waals surface area contributed by atoms with Gasteiger partial charge in [-0.15, -0.1) is 0 Å². The number of rotatable bonds is 3. The third kappa shape index (κ3) is 2.14. The minimum absolute atomic E-state index is 0.151. The lowest BCUT2D eigenvalue weighted by Gasteiger charge is -2.06. The van der Waals surface area contributed by atoms with Crippen molar-refractivity contribution in [2.45, 2.75) is 38.7 Å². The standard InChI is InChI=1S/C9H16O/c1-2-3-4-8-5-6-9(10)7-8/h5-6,8-10H,2-4,7H2,1H3/t8-,9+/m1/s1. The fourth-order valence-corrected chi connectivity index (χ4v) is 1.43. The second kappa shape index (κ2) is 3.77. The van der Waals surface area contributed by atoms with Crippen LogP contribution in [-0.4, -0.2) is 11.2 Å². The third-order valence-electron chi connectivity index (χ3n) is 2.08. The molecule has 0 unspecified atom stereocenters. The molecular formula is C9H16O. The van der Waals surface area contributed by atoms with E-state index in [9.17, 15) is 0 Å². The molecule has 58 valence electrons. The SMILES string of the molecule is CCCC[C@@H]1C=C[C@H](O)C1. The Labute approximate surface area is 62.8 Å². The Balaban J connectivity index is 2.14. The summed E-state index contributed by atoms with van der Waals surface area (Å²) >= 11 is 0. The minimum Gasteiger partial charge on any atom is -0.389 e. The molecule has 0 radical (unpaired) electrons. The van der Waals surface area contributed by atoms with Gasteiger partial charge in [0.25, 0.3) is 0 Å². The van der Waals surface area contributed by atoms with E-state index in [0.717, 1.165) is 6.42 Å². The lowest BCUT2D eigenvalue weighted by atomic mass is 10.0. The molecule has 0 aromatic rings. The van der Waals surface area contributed by atoms with Gasteiger partial charge in [-0.3, -0.25) is 0 Å². The highest BCUT2D eigenvalue weighted by atomic mass is 16.3. The largest absolute Gasteiger partial charge is 0.389 e. The maximum atomic E-state index is 9.11. The number of unbranched alkanes of at least 4 members (excludes halogenated alkanes) is 1. The second-order valence-corrected chi connectivity index (χ2v) is 3.09. The second-order valence-electron chi connectivity index (χ2n) is 3.09. The zero-order valence-corrected chi connectivity index (χ0v) is 6.59. The van der Waals surface area contributed by atoms with Crippen LogP contribution in [0.5, 0.6) is 0 Å². The summed E-state index contributed by atoms with van der Waals surface area (Å²) in [4.78, 5) is 0. The quantitative estimate of drug-likeness (QED) is 0.595. The maximum absolute atomic E-state index is 9.11. The van der Waals surface area contributed by atoms with Gasteiger partial charge < -0.3 is 5.11 Å². The summed E-state index contributed by atoms with van der Waals surface area (Å²) in [6, 6.07) is 0. The van der Waals surface area contributed by atoms with Gasteiger partial charge in [-0.2, -0.15) is 0 Å². The van der Waals surface area contributed by atoms with Gasteiger partial charge >= 0.3 is 0 Å². The molecule has 0 heterocycles. The zero-order chi connectivity index (χ0) is 7.40. The minimum atomic E-state index is -0.151. The average molecular weight is 140 g/mol. The molecule has 0 fully saturated rings. The number of hydrogen-bond acceptors (Lipinski definition) is 1. The van der Waals surface area contributed by atoms with Crippen LogP contribution in [0.1, 0.15) is 32.6 Å². The summed E-state index contributed by atoms with van der Waals surface area (Å²) in [5.74, 6) is 0.662. The summed E-state index contributed by atoms with van der Waals surface area (Å²) in [5.41, 5.74) is 0. The van der Waals surface area contributed by atoms with E-state index in [0.29, 0.717) is 5.92 Å². The van der Waals surface area contributed by atoms with E-state index < -0.39 is 0 Å². The van der Waals surface area contributed by atoms with Crippen LogP contribution in [0.4, 0.5) is 0 Å². The molecule has 0 aliphatic heterocycles. The van der Waals surface area contributed by atoms with Crippen molar-refractivity contribution in [3.63, 3.8) is 0 Å². The summed E-state index contributed by atoms with van der Waals surface area (Å²) < 4.78 is 0. The van der Waals surface area contributed by atoms with Gasteiger partial charge in [-0.05, 0) is 18.8 Å². The van der Waals surface area contributed by atoms with Crippen LogP contribution in [-0.2, 0) is 0 Å². The van der Waals surface area contributed by atoms with Crippen molar-refractivity contribution >= 4 is 0 Å². The van der Waals surface area contributed by atoms with E-state index in [-0.39, 0.29) is 6.10 Å². The highest BCUT2D eigenvalue weighted by Gasteiger charge is 2.14. The van der Waals surface area contributed by atoms with E-state index >= 15 is 0 Å². The Morgan fingerprint density at radius 1 is 1.50 bits per heavy atom. The predicted molar refractivity (Wildman–Crippen MR) is 42.8 cm³/mol. The Kier molecular flexibility index (Phi) is 2.94. The lowest BCUT2D eigenvalue weighted by Crippen LogP contribution is -2.01. The smallest absolute Gasteiger partial charge is 0.0726 e. The first-order chi connectivity index (χ1) is 4.83. The number of aliphatic hydroxyl groups is 1. The monoisotopic (exact) mass is 140 g/mol. The zero-order valence-electron chi connectivity index (χ0n) is 6.59. The Morgan fingerprint density at radius 3 is 2.80 bits per heavy atom. The number of hydrogen-bond donors (Lipinski definition) is 1. The molecule has 0 bridgehead atoms. The lowest BCUT2D eigenvalue weighted by molar-refractivity contribution is 0.208. The summed E-state index contributed by atoms with van der Waals surface area (Å²) in [7, 11) is 0. The van der Waals surface area contributed by atoms with E-state index in [1.807, 2.05) is 6.08 Å². The molecular weight excluding hydrogens is 124 g/mol. The first-order valence-corrected chi connectivity index (χ1v) is 4.19. The normalized spacial score (nSPS) is 31.4. The molecule has 1 N–H and O–H groups in total. The molecule has 0 saturated carbocycles. The van der Waals surface area contributed by atoms with Crippen molar-refractivity contribution < 1.29 is 5.11 Å². The number of allylic oxidation sites excluding steroid dienone is 1. The molecule has 1 aliphatic carbocycles. The van der Waals surface area contributed by atoms with E-state index in [1.165, 1.54) is 19.3 Å². The van der Waals surface area contributed by atoms with Crippen LogP contribution in [0, 0.1) is 5.92 Å². The van der Waals surface area contributed by atoms with E-state index in [1.54, 1.807) is 0 Å². The number of aliphatic hydroxyl groups excluding tert-OH is 1. The van der Waals surface area contributed by atoms with Gasteiger partial charge in [0.15, 0.2) is 0 Å². The molecule has 0 aromatic heterocycles. The van der Waals surface area contributed by atoms with Crippen LogP contribution in [0.15, 0.2) is 12.2 Å². The summed E-state index contributed by atoms with van der Waals surface area (Å²) in [6.07, 6.45) is 8.69. The summed E-state index contributed by atoms with van der Waals surface area (Å²) in [5, 5.41) is 9.11. The first-order valence-electron chi connectivity index (χ1n) is 4.19. The molecule has 0 spiro atoms. The van der Waals surface area contributed by atoms with Gasteiger partial charge in [0, 0.05) is 0 Å². The van der Waals surface area contributed by atoms with Gasteiger partial charge in [0.05, 0.1) is 6.10 Å². The Bertz CT molecular complexity index is 118. The molecule has 1 rings (SSSR count). The Hall–Kier alpha value is -0.300. The van der Waals surface area contributed by atoms with Crippen LogP contribution in [0.2, 0.25) is 0 Å². The molecule has 0 amide bonds. The van der Waals surface area contributed by atoms with Gasteiger partial charge in [0.2, 0.25) is 0 Å². The predicted octanol–water partition coefficient (Wildman–Crippen LogP) is 2.11. The van der Waals surface area contributed by atoms with Crippen LogP contribution >= 0.6 is 0 Å². The van der Waals surface area contributed by atoms with Crippen molar-refractivity contribution in [2.75, 3.05) is 0 Å². The average Bonchev–Trinajstić information content (AvgIpc) is 2.31. The molecule has 1 aliphatic rings. The van der Waals surface area contributed by atoms with Gasteiger partial charge in [0.1, 0.15) is 0 Å². The van der Waals surface area contributed by atoms with Gasteiger partial charge in [-0.1, -0.05) is 31.9 Å². The van der Waals surface area contributed by atoms with Gasteiger partial charge in [-0.25, -0.2) is 0 Å². The molecule has 0 saturated heterocycles. The molecule has 1 nitrogen and oxygen atoms in total. The third-order valence-corrected chi connectivity index (χ3v) is 2.08. The molecule has 1 heteroatoms. The van der Waals surface area contributed by atoms with E-state index in [4.69, 9.17) is 5.11 Å². The molecule has 0 aromatic carbocycles. The van der Waals surface area contributed by atoms with E-state index in [2.05, 4.69) is 13.0 Å². The highest BCUT2D eigenvalue weighted by molar-refractivity contribution is 5.01.